The molecule has 13 nitrogen and oxygen atoms in total. The third kappa shape index (κ3) is 7.14. The molecule has 2 aromatic heterocycles. The molecule has 2 atom stereocenters. The van der Waals surface area contributed by atoms with E-state index in [-0.39, 0.29) is 25.9 Å². The fourth-order valence-electron chi connectivity index (χ4n) is 3.92. The molecule has 3 rings (SSSR count). The number of ether oxygens (including phenoxy) is 2. The van der Waals surface area contributed by atoms with Crippen LogP contribution in [0.5, 0.6) is 0 Å². The second kappa shape index (κ2) is 13.6. The Hall–Kier alpha value is -2.83. The summed E-state index contributed by atoms with van der Waals surface area (Å²) < 4.78 is 24.8. The molecule has 1 aliphatic heterocycles. The number of imidazole rings is 1. The number of esters is 1. The first-order valence-corrected chi connectivity index (χ1v) is 13.1. The minimum Gasteiger partial charge on any atom is -0.460 e. The third-order valence-corrected chi connectivity index (χ3v) is 6.63. The molecule has 37 heavy (non-hydrogen) atoms. The SMILES string of the molecule is CCCn1cnc2c1c(=O)n(CCOC(=O)C1=CC=CN(CC[C@@H](COP(O)OC)OC)C1)c(=O)n2C. The molecule has 2 aromatic rings. The average Bonchev–Trinajstić information content (AvgIpc) is 3.33. The molecular formula is C23H34N5O8P. The number of hydrogen-bond acceptors (Lipinski definition) is 10. The van der Waals surface area contributed by atoms with Gasteiger partial charge in [0.15, 0.2) is 11.2 Å². The topological polar surface area (TPSA) is 139 Å². The molecule has 0 saturated heterocycles. The normalized spacial score (nSPS) is 15.2. The highest BCUT2D eigenvalue weighted by Crippen LogP contribution is 2.31. The van der Waals surface area contributed by atoms with Gasteiger partial charge >= 0.3 is 20.3 Å². The summed E-state index contributed by atoms with van der Waals surface area (Å²) in [6.45, 7) is 3.49. The number of carbonyl (C=O) groups is 1. The molecule has 14 heteroatoms. The van der Waals surface area contributed by atoms with E-state index in [4.69, 9.17) is 18.5 Å². The van der Waals surface area contributed by atoms with Crippen LogP contribution < -0.4 is 11.2 Å². The molecule has 0 bridgehead atoms. The lowest BCUT2D eigenvalue weighted by Crippen LogP contribution is -2.40. The lowest BCUT2D eigenvalue weighted by Gasteiger charge is -2.26. The summed E-state index contributed by atoms with van der Waals surface area (Å²) in [4.78, 5) is 54.0. The summed E-state index contributed by atoms with van der Waals surface area (Å²) in [7, 11) is 2.56. The minimum absolute atomic E-state index is 0.0677. The maximum Gasteiger partial charge on any atom is 0.335 e. The summed E-state index contributed by atoms with van der Waals surface area (Å²) >= 11 is 0. The van der Waals surface area contributed by atoms with Gasteiger partial charge in [-0.1, -0.05) is 6.92 Å². The molecule has 204 valence electrons. The van der Waals surface area contributed by atoms with Crippen molar-refractivity contribution in [2.45, 2.75) is 39.0 Å². The quantitative estimate of drug-likeness (QED) is 0.272. The molecule has 0 fully saturated rings. The van der Waals surface area contributed by atoms with Gasteiger partial charge < -0.3 is 32.9 Å². The van der Waals surface area contributed by atoms with E-state index < -0.39 is 25.8 Å². The molecule has 0 spiro atoms. The van der Waals surface area contributed by atoms with E-state index in [0.717, 1.165) is 11.0 Å². The molecule has 1 N–H and O–H groups in total. The summed E-state index contributed by atoms with van der Waals surface area (Å²) in [5.41, 5.74) is 0.152. The van der Waals surface area contributed by atoms with E-state index in [0.29, 0.717) is 42.8 Å². The summed E-state index contributed by atoms with van der Waals surface area (Å²) in [6.07, 6.45) is 7.99. The lowest BCUT2D eigenvalue weighted by atomic mass is 10.1. The van der Waals surface area contributed by atoms with Crippen molar-refractivity contribution >= 4 is 25.7 Å². The number of nitrogens with zero attached hydrogens (tertiary/aromatic N) is 5. The number of carbonyl (C=O) groups excluding carboxylic acids is 1. The second-order valence-corrected chi connectivity index (χ2v) is 9.51. The van der Waals surface area contributed by atoms with E-state index in [1.165, 1.54) is 11.7 Å². The van der Waals surface area contributed by atoms with Crippen molar-refractivity contribution in [1.82, 2.24) is 23.6 Å². The third-order valence-electron chi connectivity index (χ3n) is 5.94. The number of methoxy groups -OCH3 is 1. The molecule has 1 aliphatic rings. The summed E-state index contributed by atoms with van der Waals surface area (Å²) in [5.74, 6) is -0.519. The first-order chi connectivity index (χ1) is 17.8. The van der Waals surface area contributed by atoms with Gasteiger partial charge in [-0.2, -0.15) is 0 Å². The number of aryl methyl sites for hydroxylation is 2. The Kier molecular flexibility index (Phi) is 10.6. The highest BCUT2D eigenvalue weighted by Gasteiger charge is 2.20. The van der Waals surface area contributed by atoms with Crippen molar-refractivity contribution in [1.29, 1.82) is 0 Å². The molecule has 1 unspecified atom stereocenters. The van der Waals surface area contributed by atoms with Gasteiger partial charge in [0.05, 0.1) is 31.2 Å². The Morgan fingerprint density at radius 1 is 1.24 bits per heavy atom. The van der Waals surface area contributed by atoms with Crippen molar-refractivity contribution in [3.63, 3.8) is 0 Å². The minimum atomic E-state index is -1.92. The molecule has 0 aliphatic carbocycles. The maximum absolute atomic E-state index is 13.0. The molecule has 3 heterocycles. The van der Waals surface area contributed by atoms with Gasteiger partial charge in [-0.25, -0.2) is 14.6 Å². The fourth-order valence-corrected chi connectivity index (χ4v) is 4.32. The zero-order valence-corrected chi connectivity index (χ0v) is 22.4. The molecule has 0 amide bonds. The first kappa shape index (κ1) is 28.7. The molecule has 0 aromatic carbocycles. The van der Waals surface area contributed by atoms with Gasteiger partial charge in [0.1, 0.15) is 6.61 Å². The number of allylic oxidation sites excluding steroid dienone is 2. The Morgan fingerprint density at radius 3 is 2.73 bits per heavy atom. The molecule has 0 saturated carbocycles. The first-order valence-electron chi connectivity index (χ1n) is 11.9. The van der Waals surface area contributed by atoms with Gasteiger partial charge in [-0.15, -0.1) is 0 Å². The molecule has 0 radical (unpaired) electrons. The van der Waals surface area contributed by atoms with Crippen molar-refractivity contribution in [3.05, 3.63) is 51.1 Å². The second-order valence-electron chi connectivity index (χ2n) is 8.41. The summed E-state index contributed by atoms with van der Waals surface area (Å²) in [6, 6.07) is 0. The van der Waals surface area contributed by atoms with Crippen LogP contribution in [0.15, 0.2) is 39.8 Å². The smallest absolute Gasteiger partial charge is 0.335 e. The monoisotopic (exact) mass is 539 g/mol. The van der Waals surface area contributed by atoms with Crippen LogP contribution in [0.1, 0.15) is 19.8 Å². The van der Waals surface area contributed by atoms with E-state index in [1.807, 2.05) is 18.0 Å². The van der Waals surface area contributed by atoms with E-state index in [1.54, 1.807) is 37.2 Å². The van der Waals surface area contributed by atoms with Gasteiger partial charge in [0.2, 0.25) is 0 Å². The zero-order chi connectivity index (χ0) is 26.9. The Labute approximate surface area is 215 Å². The van der Waals surface area contributed by atoms with Crippen LogP contribution in [-0.4, -0.2) is 81.1 Å². The van der Waals surface area contributed by atoms with Gasteiger partial charge in [-0.05, 0) is 31.2 Å². The van der Waals surface area contributed by atoms with Gasteiger partial charge in [-0.3, -0.25) is 13.9 Å². The number of aromatic nitrogens is 4. The fraction of sp³-hybridized carbons (Fsp3) is 0.565. The Morgan fingerprint density at radius 2 is 2.03 bits per heavy atom. The Balaban J connectivity index is 1.56. The standard InChI is InChI=1S/C23H34N5O8P/c1-5-9-27-16-24-20-19(27)21(29)28(23(31)25(20)2)12-13-35-22(30)17-7-6-10-26(14-17)11-8-18(33-3)15-36-37(32)34-4/h6-7,10,16,18,32H,5,8-9,11-15H2,1-4H3/t18-,37?/m0/s1. The maximum atomic E-state index is 13.0. The largest absolute Gasteiger partial charge is 0.460 e. The van der Waals surface area contributed by atoms with Crippen LogP contribution in [0, 0.1) is 0 Å². The number of hydrogen-bond donors (Lipinski definition) is 1. The van der Waals surface area contributed by atoms with Crippen LogP contribution in [0.3, 0.4) is 0 Å². The average molecular weight is 540 g/mol. The van der Waals surface area contributed by atoms with Crippen molar-refractivity contribution in [3.8, 4) is 0 Å². The van der Waals surface area contributed by atoms with Gasteiger partial charge in [0, 0.05) is 40.9 Å². The van der Waals surface area contributed by atoms with Crippen LogP contribution in [0.2, 0.25) is 0 Å². The van der Waals surface area contributed by atoms with Crippen molar-refractivity contribution < 1.29 is 28.2 Å². The number of rotatable bonds is 14. The van der Waals surface area contributed by atoms with Crippen LogP contribution in [0.25, 0.3) is 11.2 Å². The van der Waals surface area contributed by atoms with Gasteiger partial charge in [0.25, 0.3) is 5.56 Å². The highest BCUT2D eigenvalue weighted by molar-refractivity contribution is 7.40. The Bertz CT molecular complexity index is 1250. The van der Waals surface area contributed by atoms with Crippen LogP contribution in [0.4, 0.5) is 0 Å². The predicted molar refractivity (Wildman–Crippen MR) is 137 cm³/mol. The molecular weight excluding hydrogens is 505 g/mol. The predicted octanol–water partition coefficient (Wildman–Crippen LogP) is 0.893. The zero-order valence-electron chi connectivity index (χ0n) is 21.5. The van der Waals surface area contributed by atoms with E-state index >= 15 is 0 Å². The number of fused-ring (bicyclic) bond motifs is 1. The van der Waals surface area contributed by atoms with E-state index in [9.17, 15) is 19.3 Å². The lowest BCUT2D eigenvalue weighted by molar-refractivity contribution is -0.139. The van der Waals surface area contributed by atoms with E-state index in [2.05, 4.69) is 4.98 Å². The van der Waals surface area contributed by atoms with Crippen LogP contribution in [-0.2, 0) is 43.5 Å². The highest BCUT2D eigenvalue weighted by atomic mass is 31.2. The van der Waals surface area contributed by atoms with Crippen LogP contribution >= 0.6 is 8.60 Å². The van der Waals surface area contributed by atoms with Crippen molar-refractivity contribution in [2.24, 2.45) is 7.05 Å². The van der Waals surface area contributed by atoms with Crippen molar-refractivity contribution in [2.75, 3.05) is 40.5 Å². The summed E-state index contributed by atoms with van der Waals surface area (Å²) in [5, 5.41) is 0.